The molecule has 0 unspecified atom stereocenters. The first-order valence-corrected chi connectivity index (χ1v) is 10.8. The van der Waals surface area contributed by atoms with E-state index in [-0.39, 0.29) is 18.1 Å². The normalized spacial score (nSPS) is 23.1. The molecule has 1 fully saturated rings. The van der Waals surface area contributed by atoms with Crippen LogP contribution in [0.2, 0.25) is 16.6 Å². The first kappa shape index (κ1) is 18.7. The first-order chi connectivity index (χ1) is 9.72. The van der Waals surface area contributed by atoms with E-state index in [1.807, 2.05) is 0 Å². The van der Waals surface area contributed by atoms with Gasteiger partial charge in [0.25, 0.3) is 0 Å². The average Bonchev–Trinajstić information content (AvgIpc) is 2.38. The lowest BCUT2D eigenvalue weighted by molar-refractivity contribution is -0.143. The van der Waals surface area contributed by atoms with Crippen LogP contribution in [0.1, 0.15) is 68.2 Å². The summed E-state index contributed by atoms with van der Waals surface area (Å²) in [5, 5.41) is 3.09. The number of rotatable bonds is 8. The van der Waals surface area contributed by atoms with Crippen molar-refractivity contribution in [3.8, 4) is 0 Å². The minimum atomic E-state index is -1.98. The van der Waals surface area contributed by atoms with Gasteiger partial charge in [0.2, 0.25) is 14.2 Å². The summed E-state index contributed by atoms with van der Waals surface area (Å²) in [5.41, 5.74) is 1.56. The van der Waals surface area contributed by atoms with Crippen LogP contribution < -0.4 is 5.32 Å². The highest BCUT2D eigenvalue weighted by molar-refractivity contribution is 6.77. The number of amides is 1. The molecule has 1 saturated heterocycles. The molecule has 1 rings (SSSR count). The Labute approximate surface area is 132 Å². The zero-order valence-electron chi connectivity index (χ0n) is 15.2. The molecular weight excluding hydrogens is 278 g/mol. The first-order valence-electron chi connectivity index (χ1n) is 8.70. The minimum absolute atomic E-state index is 0.103. The Morgan fingerprint density at radius 1 is 1.00 bits per heavy atom. The van der Waals surface area contributed by atoms with Gasteiger partial charge in [-0.25, -0.2) is 0 Å². The SMILES string of the molecule is CCC(CC)[C@@H]1NC(=O)[C@@H]1O[Si](C(C)C)(C(C)C)C(C)C. The quantitative estimate of drug-likeness (QED) is 0.530. The third-order valence-electron chi connectivity index (χ3n) is 5.49. The lowest BCUT2D eigenvalue weighted by atomic mass is 9.85. The zero-order valence-corrected chi connectivity index (χ0v) is 16.2. The van der Waals surface area contributed by atoms with Gasteiger partial charge in [0.15, 0.2) is 0 Å². The fourth-order valence-electron chi connectivity index (χ4n) is 4.31. The lowest BCUT2D eigenvalue weighted by Crippen LogP contribution is -2.69. The van der Waals surface area contributed by atoms with Crippen LogP contribution in [-0.2, 0) is 9.22 Å². The summed E-state index contributed by atoms with van der Waals surface area (Å²) in [6.45, 7) is 18.0. The Kier molecular flexibility index (Phi) is 6.48. The Bertz CT molecular complexity index is 329. The molecule has 4 heteroatoms. The molecule has 1 aliphatic rings. The van der Waals surface area contributed by atoms with Gasteiger partial charge in [-0.1, -0.05) is 68.2 Å². The van der Waals surface area contributed by atoms with E-state index in [1.54, 1.807) is 0 Å². The van der Waals surface area contributed by atoms with Gasteiger partial charge in [0.05, 0.1) is 6.04 Å². The van der Waals surface area contributed by atoms with Gasteiger partial charge in [-0.05, 0) is 22.5 Å². The molecule has 0 aromatic rings. The fraction of sp³-hybridized carbons (Fsp3) is 0.941. The Hall–Kier alpha value is -0.353. The van der Waals surface area contributed by atoms with Crippen molar-refractivity contribution in [2.75, 3.05) is 0 Å². The maximum atomic E-state index is 12.1. The molecule has 2 atom stereocenters. The van der Waals surface area contributed by atoms with Crippen molar-refractivity contribution in [2.24, 2.45) is 5.92 Å². The predicted octanol–water partition coefficient (Wildman–Crippen LogP) is 4.48. The zero-order chi connectivity index (χ0) is 16.4. The molecule has 0 aliphatic carbocycles. The molecule has 0 saturated carbocycles. The van der Waals surface area contributed by atoms with E-state index >= 15 is 0 Å². The van der Waals surface area contributed by atoms with E-state index in [1.165, 1.54) is 0 Å². The van der Waals surface area contributed by atoms with Gasteiger partial charge in [0, 0.05) is 0 Å². The van der Waals surface area contributed by atoms with E-state index in [2.05, 4.69) is 60.7 Å². The van der Waals surface area contributed by atoms with Gasteiger partial charge in [-0.3, -0.25) is 4.79 Å². The van der Waals surface area contributed by atoms with Crippen LogP contribution in [0, 0.1) is 5.92 Å². The number of carbonyl (C=O) groups is 1. The van der Waals surface area contributed by atoms with Crippen molar-refractivity contribution >= 4 is 14.2 Å². The molecule has 1 heterocycles. The predicted molar refractivity (Wildman–Crippen MR) is 91.9 cm³/mol. The van der Waals surface area contributed by atoms with Crippen LogP contribution in [0.4, 0.5) is 0 Å². The van der Waals surface area contributed by atoms with Crippen LogP contribution in [0.15, 0.2) is 0 Å². The molecular formula is C17H35NO2Si. The third-order valence-corrected chi connectivity index (χ3v) is 11.6. The van der Waals surface area contributed by atoms with Gasteiger partial charge >= 0.3 is 0 Å². The molecule has 0 radical (unpaired) electrons. The summed E-state index contributed by atoms with van der Waals surface area (Å²) in [7, 11) is -1.98. The van der Waals surface area contributed by atoms with Gasteiger partial charge < -0.3 is 9.74 Å². The molecule has 0 aromatic heterocycles. The van der Waals surface area contributed by atoms with E-state index < -0.39 is 8.32 Å². The van der Waals surface area contributed by atoms with Crippen molar-refractivity contribution in [3.05, 3.63) is 0 Å². The summed E-state index contributed by atoms with van der Waals surface area (Å²) in [5.74, 6) is 0.636. The van der Waals surface area contributed by atoms with Crippen molar-refractivity contribution in [1.29, 1.82) is 0 Å². The second-order valence-corrected chi connectivity index (χ2v) is 12.9. The summed E-state index contributed by atoms with van der Waals surface area (Å²) in [4.78, 5) is 12.1. The number of hydrogen-bond donors (Lipinski definition) is 1. The second-order valence-electron chi connectivity index (χ2n) is 7.47. The molecule has 1 N–H and O–H groups in total. The highest BCUT2D eigenvalue weighted by Crippen LogP contribution is 2.44. The second kappa shape index (κ2) is 7.27. The third kappa shape index (κ3) is 3.36. The number of carbonyl (C=O) groups excluding carboxylic acids is 1. The topological polar surface area (TPSA) is 38.3 Å². The molecule has 3 nitrogen and oxygen atoms in total. The molecule has 0 spiro atoms. The largest absolute Gasteiger partial charge is 0.402 e. The van der Waals surface area contributed by atoms with E-state index in [0.29, 0.717) is 22.5 Å². The van der Waals surface area contributed by atoms with Crippen molar-refractivity contribution in [1.82, 2.24) is 5.32 Å². The molecule has 1 amide bonds. The molecule has 124 valence electrons. The van der Waals surface area contributed by atoms with E-state index in [0.717, 1.165) is 12.8 Å². The van der Waals surface area contributed by atoms with Gasteiger partial charge in [-0.15, -0.1) is 0 Å². The van der Waals surface area contributed by atoms with Crippen LogP contribution in [-0.4, -0.2) is 26.4 Å². The summed E-state index contributed by atoms with van der Waals surface area (Å²) < 4.78 is 6.69. The maximum Gasteiger partial charge on any atom is 0.250 e. The van der Waals surface area contributed by atoms with Crippen molar-refractivity contribution in [2.45, 2.75) is 97.0 Å². The minimum Gasteiger partial charge on any atom is -0.402 e. The highest BCUT2D eigenvalue weighted by Gasteiger charge is 2.53. The summed E-state index contributed by atoms with van der Waals surface area (Å²) >= 11 is 0. The molecule has 1 aliphatic heterocycles. The average molecular weight is 314 g/mol. The fourth-order valence-corrected chi connectivity index (χ4v) is 9.82. The summed E-state index contributed by atoms with van der Waals surface area (Å²) in [6, 6.07) is 0.218. The standard InChI is InChI=1S/C17H35NO2Si/c1-9-14(10-2)15-16(17(19)18-15)20-21(11(3)4,12(5)6)13(7)8/h11-16H,9-10H2,1-8H3,(H,18,19)/t15-,16+/m0/s1. The molecule has 0 bridgehead atoms. The summed E-state index contributed by atoms with van der Waals surface area (Å²) in [6.07, 6.45) is 1.98. The molecule has 21 heavy (non-hydrogen) atoms. The number of nitrogens with one attached hydrogen (secondary N) is 1. The Morgan fingerprint density at radius 3 is 1.71 bits per heavy atom. The Morgan fingerprint density at radius 2 is 1.43 bits per heavy atom. The lowest BCUT2D eigenvalue weighted by Gasteiger charge is -2.50. The van der Waals surface area contributed by atoms with Crippen molar-refractivity contribution < 1.29 is 9.22 Å². The van der Waals surface area contributed by atoms with Crippen molar-refractivity contribution in [3.63, 3.8) is 0 Å². The number of β-lactam (4-membered cyclic amide) rings is 1. The highest BCUT2D eigenvalue weighted by atomic mass is 28.4. The Balaban J connectivity index is 2.99. The van der Waals surface area contributed by atoms with E-state index in [9.17, 15) is 4.79 Å². The molecule has 0 aromatic carbocycles. The smallest absolute Gasteiger partial charge is 0.250 e. The van der Waals surface area contributed by atoms with Gasteiger partial charge in [0.1, 0.15) is 6.10 Å². The number of hydrogen-bond acceptors (Lipinski definition) is 2. The van der Waals surface area contributed by atoms with Gasteiger partial charge in [-0.2, -0.15) is 0 Å². The van der Waals surface area contributed by atoms with Crippen LogP contribution in [0.3, 0.4) is 0 Å². The monoisotopic (exact) mass is 313 g/mol. The van der Waals surface area contributed by atoms with Crippen LogP contribution >= 0.6 is 0 Å². The van der Waals surface area contributed by atoms with Crippen LogP contribution in [0.25, 0.3) is 0 Å². The van der Waals surface area contributed by atoms with Crippen LogP contribution in [0.5, 0.6) is 0 Å². The maximum absolute atomic E-state index is 12.1. The van der Waals surface area contributed by atoms with E-state index in [4.69, 9.17) is 4.43 Å².